The monoisotopic (exact) mass is 256 g/mol. The van der Waals surface area contributed by atoms with Gasteiger partial charge in [0.25, 0.3) is 0 Å². The molecule has 5 heteroatoms. The number of nitrogens with one attached hydrogen (secondary N) is 3. The number of amides is 1. The standard InChI is InChI=1S/C14H16N4O/c19-14(12-5-2-6-15-12)18-11-4-1-3-10(9-11)13-16-7-8-17-13/h1,3-4,7-9,12,15H,2,5-6H2,(H,16,17)(H,18,19)/t12-/m0/s1. The summed E-state index contributed by atoms with van der Waals surface area (Å²) in [6, 6.07) is 7.62. The van der Waals surface area contributed by atoms with Crippen molar-refractivity contribution in [2.24, 2.45) is 0 Å². The normalized spacial score (nSPS) is 18.4. The summed E-state index contributed by atoms with van der Waals surface area (Å²) in [5.74, 6) is 0.837. The molecule has 0 spiro atoms. The number of H-pyrrole nitrogens is 1. The van der Waals surface area contributed by atoms with Crippen molar-refractivity contribution in [1.82, 2.24) is 15.3 Å². The van der Waals surface area contributed by atoms with Gasteiger partial charge >= 0.3 is 0 Å². The number of rotatable bonds is 3. The Morgan fingerprint density at radius 3 is 3.11 bits per heavy atom. The Labute approximate surface area is 111 Å². The highest BCUT2D eigenvalue weighted by atomic mass is 16.2. The van der Waals surface area contributed by atoms with E-state index in [1.165, 1.54) is 0 Å². The fraction of sp³-hybridized carbons (Fsp3) is 0.286. The van der Waals surface area contributed by atoms with Crippen LogP contribution in [0.15, 0.2) is 36.7 Å². The minimum atomic E-state index is -0.0627. The summed E-state index contributed by atoms with van der Waals surface area (Å²) >= 11 is 0. The van der Waals surface area contributed by atoms with Crippen LogP contribution in [-0.4, -0.2) is 28.5 Å². The van der Waals surface area contributed by atoms with Crippen LogP contribution in [0.1, 0.15) is 12.8 Å². The van der Waals surface area contributed by atoms with Crippen LogP contribution in [0.3, 0.4) is 0 Å². The number of nitrogens with zero attached hydrogens (tertiary/aromatic N) is 1. The van der Waals surface area contributed by atoms with Gasteiger partial charge in [0.1, 0.15) is 5.82 Å². The van der Waals surface area contributed by atoms with Gasteiger partial charge in [-0.15, -0.1) is 0 Å². The van der Waals surface area contributed by atoms with E-state index < -0.39 is 0 Å². The fourth-order valence-electron chi connectivity index (χ4n) is 2.31. The van der Waals surface area contributed by atoms with Crippen molar-refractivity contribution in [3.8, 4) is 11.4 Å². The molecule has 5 nitrogen and oxygen atoms in total. The van der Waals surface area contributed by atoms with Crippen molar-refractivity contribution in [3.63, 3.8) is 0 Å². The second kappa shape index (κ2) is 5.24. The van der Waals surface area contributed by atoms with Crippen LogP contribution in [0, 0.1) is 0 Å². The molecule has 1 aliphatic heterocycles. The van der Waals surface area contributed by atoms with Gasteiger partial charge in [-0.05, 0) is 31.5 Å². The Balaban J connectivity index is 1.74. The highest BCUT2D eigenvalue weighted by molar-refractivity contribution is 5.95. The number of anilines is 1. The average Bonchev–Trinajstić information content (AvgIpc) is 3.13. The number of benzene rings is 1. The van der Waals surface area contributed by atoms with E-state index in [4.69, 9.17) is 0 Å². The van der Waals surface area contributed by atoms with E-state index in [1.54, 1.807) is 12.4 Å². The third-order valence-corrected chi connectivity index (χ3v) is 3.28. The molecule has 19 heavy (non-hydrogen) atoms. The molecule has 1 fully saturated rings. The zero-order chi connectivity index (χ0) is 13.1. The maximum Gasteiger partial charge on any atom is 0.241 e. The maximum atomic E-state index is 12.0. The predicted octanol–water partition coefficient (Wildman–Crippen LogP) is 1.77. The predicted molar refractivity (Wildman–Crippen MR) is 73.7 cm³/mol. The zero-order valence-corrected chi connectivity index (χ0v) is 10.5. The van der Waals surface area contributed by atoms with E-state index >= 15 is 0 Å². The van der Waals surface area contributed by atoms with E-state index in [0.29, 0.717) is 0 Å². The van der Waals surface area contributed by atoms with Gasteiger partial charge in [-0.3, -0.25) is 4.79 Å². The van der Waals surface area contributed by atoms with Gasteiger partial charge in [0.15, 0.2) is 0 Å². The Kier molecular flexibility index (Phi) is 3.29. The summed E-state index contributed by atoms with van der Waals surface area (Å²) in [4.78, 5) is 19.3. The van der Waals surface area contributed by atoms with Gasteiger partial charge in [0.2, 0.25) is 5.91 Å². The second-order valence-electron chi connectivity index (χ2n) is 4.66. The first-order valence-electron chi connectivity index (χ1n) is 6.47. The summed E-state index contributed by atoms with van der Waals surface area (Å²) in [5, 5.41) is 6.13. The van der Waals surface area contributed by atoms with Gasteiger partial charge < -0.3 is 15.6 Å². The fourth-order valence-corrected chi connectivity index (χ4v) is 2.31. The lowest BCUT2D eigenvalue weighted by Crippen LogP contribution is -2.35. The smallest absolute Gasteiger partial charge is 0.241 e. The highest BCUT2D eigenvalue weighted by Gasteiger charge is 2.21. The molecule has 1 amide bonds. The Bertz CT molecular complexity index is 559. The lowest BCUT2D eigenvalue weighted by molar-refractivity contribution is -0.117. The molecule has 3 N–H and O–H groups in total. The topological polar surface area (TPSA) is 69.8 Å². The number of hydrogen-bond donors (Lipinski definition) is 3. The highest BCUT2D eigenvalue weighted by Crippen LogP contribution is 2.19. The van der Waals surface area contributed by atoms with E-state index in [0.717, 1.165) is 36.5 Å². The van der Waals surface area contributed by atoms with Crippen LogP contribution in [-0.2, 0) is 4.79 Å². The molecule has 1 aromatic heterocycles. The van der Waals surface area contributed by atoms with Crippen LogP contribution in [0.4, 0.5) is 5.69 Å². The van der Waals surface area contributed by atoms with Crippen LogP contribution in [0.5, 0.6) is 0 Å². The zero-order valence-electron chi connectivity index (χ0n) is 10.5. The van der Waals surface area contributed by atoms with E-state index in [-0.39, 0.29) is 11.9 Å². The van der Waals surface area contributed by atoms with Gasteiger partial charge in [-0.2, -0.15) is 0 Å². The second-order valence-corrected chi connectivity index (χ2v) is 4.66. The van der Waals surface area contributed by atoms with Gasteiger partial charge in [0, 0.05) is 23.6 Å². The number of imidazole rings is 1. The first-order valence-corrected chi connectivity index (χ1v) is 6.47. The average molecular weight is 256 g/mol. The van der Waals surface area contributed by atoms with Crippen molar-refractivity contribution < 1.29 is 4.79 Å². The van der Waals surface area contributed by atoms with Gasteiger partial charge in [-0.25, -0.2) is 4.98 Å². The molecule has 0 unspecified atom stereocenters. The van der Waals surface area contributed by atoms with Crippen LogP contribution < -0.4 is 10.6 Å². The molecule has 2 heterocycles. The summed E-state index contributed by atoms with van der Waals surface area (Å²) in [7, 11) is 0. The summed E-state index contributed by atoms with van der Waals surface area (Å²) in [6.07, 6.45) is 5.46. The first kappa shape index (κ1) is 11.9. The number of aromatic nitrogens is 2. The van der Waals surface area contributed by atoms with E-state index in [2.05, 4.69) is 20.6 Å². The Morgan fingerprint density at radius 1 is 1.42 bits per heavy atom. The minimum absolute atomic E-state index is 0.0362. The van der Waals surface area contributed by atoms with Crippen LogP contribution in [0.25, 0.3) is 11.4 Å². The van der Waals surface area contributed by atoms with Crippen molar-refractivity contribution in [3.05, 3.63) is 36.7 Å². The van der Waals surface area contributed by atoms with E-state index in [1.807, 2.05) is 24.3 Å². The van der Waals surface area contributed by atoms with Crippen molar-refractivity contribution in [2.75, 3.05) is 11.9 Å². The third-order valence-electron chi connectivity index (χ3n) is 3.28. The van der Waals surface area contributed by atoms with Gasteiger partial charge in [-0.1, -0.05) is 12.1 Å². The molecular weight excluding hydrogens is 240 g/mol. The SMILES string of the molecule is O=C(Nc1cccc(-c2ncc[nH]2)c1)[C@@H]1CCCN1. The maximum absolute atomic E-state index is 12.0. The quantitative estimate of drug-likeness (QED) is 0.783. The molecule has 0 saturated carbocycles. The lowest BCUT2D eigenvalue weighted by Gasteiger charge is -2.11. The minimum Gasteiger partial charge on any atom is -0.345 e. The third kappa shape index (κ3) is 2.66. The van der Waals surface area contributed by atoms with E-state index in [9.17, 15) is 4.79 Å². The molecule has 1 atom stereocenters. The molecule has 0 aliphatic carbocycles. The van der Waals surface area contributed by atoms with Crippen molar-refractivity contribution >= 4 is 11.6 Å². The molecule has 3 rings (SSSR count). The van der Waals surface area contributed by atoms with Crippen LogP contribution in [0.2, 0.25) is 0 Å². The summed E-state index contributed by atoms with van der Waals surface area (Å²) in [5.41, 5.74) is 1.76. The molecular formula is C14H16N4O. The summed E-state index contributed by atoms with van der Waals surface area (Å²) < 4.78 is 0. The van der Waals surface area contributed by atoms with Crippen molar-refractivity contribution in [1.29, 1.82) is 0 Å². The van der Waals surface area contributed by atoms with Gasteiger partial charge in [0.05, 0.1) is 6.04 Å². The molecule has 1 aromatic carbocycles. The number of carbonyl (C=O) groups excluding carboxylic acids is 1. The Hall–Kier alpha value is -2.14. The van der Waals surface area contributed by atoms with Crippen LogP contribution >= 0.6 is 0 Å². The largest absolute Gasteiger partial charge is 0.345 e. The lowest BCUT2D eigenvalue weighted by atomic mass is 10.1. The van der Waals surface area contributed by atoms with Crippen molar-refractivity contribution in [2.45, 2.75) is 18.9 Å². The molecule has 1 aliphatic rings. The number of aromatic amines is 1. The molecule has 0 radical (unpaired) electrons. The molecule has 2 aromatic rings. The molecule has 0 bridgehead atoms. The molecule has 98 valence electrons. The number of carbonyl (C=O) groups is 1. The first-order chi connectivity index (χ1) is 9.33. The number of hydrogen-bond acceptors (Lipinski definition) is 3. The molecule has 1 saturated heterocycles. The Morgan fingerprint density at radius 2 is 2.37 bits per heavy atom. The summed E-state index contributed by atoms with van der Waals surface area (Å²) in [6.45, 7) is 0.921.